The van der Waals surface area contributed by atoms with Crippen molar-refractivity contribution in [2.24, 2.45) is 0 Å². The van der Waals surface area contributed by atoms with E-state index in [9.17, 15) is 10.4 Å². The van der Waals surface area contributed by atoms with Crippen LogP contribution >= 0.6 is 0 Å². The number of rotatable bonds is 2. The predicted octanol–water partition coefficient (Wildman–Crippen LogP) is 3.35. The van der Waals surface area contributed by atoms with Crippen LogP contribution in [-0.2, 0) is 0 Å². The molecule has 4 heteroatoms. The Morgan fingerprint density at radius 2 is 2.09 bits per heavy atom. The molecule has 4 nitrogen and oxygen atoms in total. The van der Waals surface area contributed by atoms with E-state index in [1.54, 1.807) is 18.2 Å². The van der Waals surface area contributed by atoms with E-state index in [0.717, 1.165) is 5.57 Å². The van der Waals surface area contributed by atoms with Crippen LogP contribution < -0.4 is 4.74 Å². The fourth-order valence-electron chi connectivity index (χ4n) is 2.09. The normalized spacial score (nSPS) is 22.0. The lowest BCUT2D eigenvalue weighted by molar-refractivity contribution is 0.168. The molecular formula is C18H16N2O2. The summed E-state index contributed by atoms with van der Waals surface area (Å²) in [5.41, 5.74) is 1.48. The lowest BCUT2D eigenvalue weighted by Gasteiger charge is -2.14. The average molecular weight is 292 g/mol. The van der Waals surface area contributed by atoms with Gasteiger partial charge in [0.2, 0.25) is 0 Å². The molecule has 1 aliphatic carbocycles. The fraction of sp³-hybridized carbons (Fsp3) is 0.222. The number of nitriles is 2. The lowest BCUT2D eigenvalue weighted by atomic mass is 10.1. The van der Waals surface area contributed by atoms with Gasteiger partial charge in [0.15, 0.2) is 0 Å². The second-order valence-electron chi connectivity index (χ2n) is 5.03. The van der Waals surface area contributed by atoms with E-state index >= 15 is 0 Å². The molecule has 1 aliphatic rings. The molecule has 0 saturated heterocycles. The summed E-state index contributed by atoms with van der Waals surface area (Å²) in [7, 11) is 0. The van der Waals surface area contributed by atoms with Crippen LogP contribution in [0.4, 0.5) is 0 Å². The SMILES string of the molecule is C=C1CC[C@@H](O)C/C=C\C=C/1Oc1ccc(C#N)cc1C#N. The molecule has 0 amide bonds. The lowest BCUT2D eigenvalue weighted by Crippen LogP contribution is -2.06. The Morgan fingerprint density at radius 3 is 2.82 bits per heavy atom. The molecule has 110 valence electrons. The Labute approximate surface area is 129 Å². The molecule has 0 unspecified atom stereocenters. The summed E-state index contributed by atoms with van der Waals surface area (Å²) in [5, 5.41) is 27.8. The van der Waals surface area contributed by atoms with Gasteiger partial charge >= 0.3 is 0 Å². The minimum Gasteiger partial charge on any atom is -0.456 e. The predicted molar refractivity (Wildman–Crippen MR) is 82.7 cm³/mol. The van der Waals surface area contributed by atoms with Crippen molar-refractivity contribution in [3.8, 4) is 17.9 Å². The van der Waals surface area contributed by atoms with E-state index in [1.807, 2.05) is 24.3 Å². The zero-order valence-corrected chi connectivity index (χ0v) is 12.1. The van der Waals surface area contributed by atoms with Crippen molar-refractivity contribution in [3.05, 3.63) is 65.5 Å². The number of benzene rings is 1. The highest BCUT2D eigenvalue weighted by Gasteiger charge is 2.13. The number of nitrogens with zero attached hydrogens (tertiary/aromatic N) is 2. The molecule has 0 aromatic heterocycles. The smallest absolute Gasteiger partial charge is 0.145 e. The molecule has 1 N–H and O–H groups in total. The van der Waals surface area contributed by atoms with Gasteiger partial charge in [-0.3, -0.25) is 0 Å². The highest BCUT2D eigenvalue weighted by atomic mass is 16.5. The summed E-state index contributed by atoms with van der Waals surface area (Å²) in [6.45, 7) is 3.99. The monoisotopic (exact) mass is 292 g/mol. The first-order valence-corrected chi connectivity index (χ1v) is 6.99. The molecule has 0 fully saturated rings. The number of aliphatic hydroxyl groups is 1. The molecule has 1 aromatic carbocycles. The summed E-state index contributed by atoms with van der Waals surface area (Å²) in [6.07, 6.45) is 6.90. The van der Waals surface area contributed by atoms with Crippen LogP contribution in [0.2, 0.25) is 0 Å². The Balaban J connectivity index is 2.27. The summed E-state index contributed by atoms with van der Waals surface area (Å²) in [4.78, 5) is 0. The van der Waals surface area contributed by atoms with Crippen molar-refractivity contribution in [2.75, 3.05) is 0 Å². The van der Waals surface area contributed by atoms with Crippen LogP contribution in [0.3, 0.4) is 0 Å². The average Bonchev–Trinajstić information content (AvgIpc) is 2.61. The van der Waals surface area contributed by atoms with Gasteiger partial charge < -0.3 is 9.84 Å². The fourth-order valence-corrected chi connectivity index (χ4v) is 2.09. The van der Waals surface area contributed by atoms with Crippen molar-refractivity contribution in [2.45, 2.75) is 25.4 Å². The van der Waals surface area contributed by atoms with E-state index in [0.29, 0.717) is 41.9 Å². The van der Waals surface area contributed by atoms with Gasteiger partial charge in [-0.15, -0.1) is 0 Å². The number of ether oxygens (including phenoxy) is 1. The van der Waals surface area contributed by atoms with Crippen LogP contribution in [0.25, 0.3) is 0 Å². The van der Waals surface area contributed by atoms with E-state index in [1.165, 1.54) is 6.07 Å². The molecule has 0 bridgehead atoms. The number of hydrogen-bond acceptors (Lipinski definition) is 4. The van der Waals surface area contributed by atoms with Crippen LogP contribution in [0.5, 0.6) is 5.75 Å². The van der Waals surface area contributed by atoms with Crippen LogP contribution in [0.1, 0.15) is 30.4 Å². The summed E-state index contributed by atoms with van der Waals surface area (Å²) < 4.78 is 5.81. The van der Waals surface area contributed by atoms with E-state index < -0.39 is 0 Å². The molecule has 2 rings (SSSR count). The van der Waals surface area contributed by atoms with Crippen molar-refractivity contribution in [1.29, 1.82) is 10.5 Å². The van der Waals surface area contributed by atoms with Gasteiger partial charge in [0.1, 0.15) is 17.6 Å². The largest absolute Gasteiger partial charge is 0.456 e. The Hall–Kier alpha value is -2.82. The molecule has 0 radical (unpaired) electrons. The molecule has 0 spiro atoms. The molecule has 0 saturated carbocycles. The molecule has 22 heavy (non-hydrogen) atoms. The quantitative estimate of drug-likeness (QED) is 0.906. The molecule has 0 heterocycles. The highest BCUT2D eigenvalue weighted by molar-refractivity contribution is 5.50. The van der Waals surface area contributed by atoms with Crippen molar-refractivity contribution < 1.29 is 9.84 Å². The molecule has 1 aromatic rings. The third-order valence-electron chi connectivity index (χ3n) is 3.37. The topological polar surface area (TPSA) is 77.0 Å². The minimum atomic E-state index is -0.384. The van der Waals surface area contributed by atoms with E-state index in [2.05, 4.69) is 6.58 Å². The summed E-state index contributed by atoms with van der Waals surface area (Å²) in [5.74, 6) is 0.952. The molecular weight excluding hydrogens is 276 g/mol. The second kappa shape index (κ2) is 7.26. The maximum absolute atomic E-state index is 9.74. The van der Waals surface area contributed by atoms with Crippen LogP contribution in [0.15, 0.2) is 54.3 Å². The third-order valence-corrected chi connectivity index (χ3v) is 3.37. The van der Waals surface area contributed by atoms with Gasteiger partial charge in [-0.05, 0) is 49.1 Å². The van der Waals surface area contributed by atoms with Gasteiger partial charge in [0, 0.05) is 0 Å². The number of hydrogen-bond donors (Lipinski definition) is 1. The van der Waals surface area contributed by atoms with Crippen LogP contribution in [0, 0.1) is 22.7 Å². The Kier molecular flexibility index (Phi) is 5.14. The first kappa shape index (κ1) is 15.6. The minimum absolute atomic E-state index is 0.302. The maximum atomic E-state index is 9.74. The second-order valence-corrected chi connectivity index (χ2v) is 5.03. The summed E-state index contributed by atoms with van der Waals surface area (Å²) in [6, 6.07) is 8.73. The van der Waals surface area contributed by atoms with E-state index in [-0.39, 0.29) is 6.10 Å². The van der Waals surface area contributed by atoms with Crippen molar-refractivity contribution >= 4 is 0 Å². The first-order chi connectivity index (χ1) is 10.6. The highest BCUT2D eigenvalue weighted by Crippen LogP contribution is 2.26. The molecule has 1 atom stereocenters. The number of aliphatic hydroxyl groups excluding tert-OH is 1. The third kappa shape index (κ3) is 3.85. The van der Waals surface area contributed by atoms with E-state index in [4.69, 9.17) is 10.00 Å². The first-order valence-electron chi connectivity index (χ1n) is 6.99. The van der Waals surface area contributed by atoms with Crippen molar-refractivity contribution in [3.63, 3.8) is 0 Å². The zero-order valence-electron chi connectivity index (χ0n) is 12.1. The summed E-state index contributed by atoms with van der Waals surface area (Å²) >= 11 is 0. The van der Waals surface area contributed by atoms with Gasteiger partial charge in [-0.2, -0.15) is 10.5 Å². The molecule has 0 aliphatic heterocycles. The maximum Gasteiger partial charge on any atom is 0.145 e. The van der Waals surface area contributed by atoms with Crippen molar-refractivity contribution in [1.82, 2.24) is 0 Å². The van der Waals surface area contributed by atoms with Gasteiger partial charge in [-0.1, -0.05) is 18.7 Å². The Morgan fingerprint density at radius 1 is 1.27 bits per heavy atom. The number of allylic oxidation sites excluding steroid dienone is 3. The zero-order chi connectivity index (χ0) is 15.9. The van der Waals surface area contributed by atoms with Gasteiger partial charge in [0.25, 0.3) is 0 Å². The Bertz CT molecular complexity index is 718. The van der Waals surface area contributed by atoms with Gasteiger partial charge in [-0.25, -0.2) is 0 Å². The van der Waals surface area contributed by atoms with Crippen LogP contribution in [-0.4, -0.2) is 11.2 Å². The van der Waals surface area contributed by atoms with Gasteiger partial charge in [0.05, 0.1) is 23.3 Å². The standard InChI is InChI=1S/C18H16N2O2/c1-13-6-8-16(21)4-2-3-5-17(13)22-18-9-7-14(11-19)10-15(18)12-20/h2-3,5,7,9-10,16,21H,1,4,6,8H2/b3-2-,17-5+/t16-/m0/s1.